The third kappa shape index (κ3) is 3.39. The van der Waals surface area contributed by atoms with Crippen LogP contribution in [0.25, 0.3) is 0 Å². The van der Waals surface area contributed by atoms with Gasteiger partial charge in [0, 0.05) is 5.56 Å². The first-order valence-corrected chi connectivity index (χ1v) is 10.4. The van der Waals surface area contributed by atoms with E-state index in [4.69, 9.17) is 14.3 Å². The molecule has 3 aromatic carbocycles. The second-order valence-corrected chi connectivity index (χ2v) is 7.75. The Bertz CT molecular complexity index is 1200. The van der Waals surface area contributed by atoms with Crippen molar-refractivity contribution in [2.75, 3.05) is 24.2 Å². The lowest BCUT2D eigenvalue weighted by Gasteiger charge is -2.29. The Morgan fingerprint density at radius 2 is 1.58 bits per heavy atom. The molecule has 2 aliphatic rings. The van der Waals surface area contributed by atoms with E-state index >= 15 is 0 Å². The lowest BCUT2D eigenvalue weighted by atomic mass is 9.89. The van der Waals surface area contributed by atoms with Gasteiger partial charge >= 0.3 is 0 Å². The third-order valence-corrected chi connectivity index (χ3v) is 5.97. The number of carbonyl (C=O) groups is 2. The second kappa shape index (κ2) is 8.22. The summed E-state index contributed by atoms with van der Waals surface area (Å²) in [5, 5.41) is 1.59. The highest BCUT2D eigenvalue weighted by Crippen LogP contribution is 2.50. The predicted molar refractivity (Wildman–Crippen MR) is 118 cm³/mol. The highest BCUT2D eigenvalue weighted by molar-refractivity contribution is 6.23. The third-order valence-electron chi connectivity index (χ3n) is 5.97. The van der Waals surface area contributed by atoms with Gasteiger partial charge in [-0.2, -0.15) is 0 Å². The van der Waals surface area contributed by atoms with Crippen LogP contribution in [0.4, 0.5) is 15.8 Å². The summed E-state index contributed by atoms with van der Waals surface area (Å²) in [6.45, 7) is 0. The predicted octanol–water partition coefficient (Wildman–Crippen LogP) is 3.89. The summed E-state index contributed by atoms with van der Waals surface area (Å²) in [7, 11) is 3.09. The smallest absolute Gasteiger partial charge is 0.266 e. The number of anilines is 2. The number of para-hydroxylation sites is 1. The quantitative estimate of drug-likeness (QED) is 0.552. The van der Waals surface area contributed by atoms with Gasteiger partial charge in [0.05, 0.1) is 25.6 Å². The number of amides is 2. The molecule has 8 heteroatoms. The number of carbonyl (C=O) groups excluding carboxylic acids is 2. The van der Waals surface area contributed by atoms with Crippen molar-refractivity contribution in [1.82, 2.24) is 0 Å². The summed E-state index contributed by atoms with van der Waals surface area (Å²) in [4.78, 5) is 34.1. The molecule has 3 atom stereocenters. The number of halogens is 1. The van der Waals surface area contributed by atoms with Crippen LogP contribution >= 0.6 is 0 Å². The van der Waals surface area contributed by atoms with Crippen molar-refractivity contribution in [1.29, 1.82) is 0 Å². The average molecular weight is 448 g/mol. The number of hydrogen-bond acceptors (Lipinski definition) is 6. The zero-order chi connectivity index (χ0) is 23.1. The van der Waals surface area contributed by atoms with Crippen molar-refractivity contribution < 1.29 is 28.3 Å². The number of nitrogens with zero attached hydrogens (tertiary/aromatic N) is 2. The van der Waals surface area contributed by atoms with Gasteiger partial charge < -0.3 is 9.47 Å². The number of hydroxylamine groups is 1. The largest absolute Gasteiger partial charge is 0.497 e. The molecule has 2 fully saturated rings. The fraction of sp³-hybridized carbons (Fsp3) is 0.200. The Kier molecular flexibility index (Phi) is 5.22. The Hall–Kier alpha value is -3.91. The molecule has 0 bridgehead atoms. The van der Waals surface area contributed by atoms with Crippen LogP contribution in [-0.4, -0.2) is 32.1 Å². The fourth-order valence-electron chi connectivity index (χ4n) is 4.44. The molecule has 0 spiro atoms. The molecule has 0 N–H and O–H groups in total. The van der Waals surface area contributed by atoms with Crippen molar-refractivity contribution in [3.05, 3.63) is 84.2 Å². The minimum Gasteiger partial charge on any atom is -0.497 e. The van der Waals surface area contributed by atoms with Gasteiger partial charge in [-0.05, 0) is 54.6 Å². The molecule has 2 heterocycles. The molecule has 33 heavy (non-hydrogen) atoms. The van der Waals surface area contributed by atoms with Gasteiger partial charge in [-0.25, -0.2) is 14.4 Å². The fourth-order valence-corrected chi connectivity index (χ4v) is 4.44. The molecule has 0 aromatic heterocycles. The molecule has 5 rings (SSSR count). The van der Waals surface area contributed by atoms with Gasteiger partial charge in [0.2, 0.25) is 5.91 Å². The second-order valence-electron chi connectivity index (χ2n) is 7.75. The van der Waals surface area contributed by atoms with E-state index in [0.717, 1.165) is 4.90 Å². The Balaban J connectivity index is 1.63. The van der Waals surface area contributed by atoms with Crippen LogP contribution < -0.4 is 19.4 Å². The zero-order valence-corrected chi connectivity index (χ0v) is 18.0. The summed E-state index contributed by atoms with van der Waals surface area (Å²) in [6, 6.07) is 19.1. The number of rotatable bonds is 5. The van der Waals surface area contributed by atoms with Crippen molar-refractivity contribution in [3.63, 3.8) is 0 Å². The van der Waals surface area contributed by atoms with Crippen molar-refractivity contribution >= 4 is 23.2 Å². The highest BCUT2D eigenvalue weighted by Gasteiger charge is 2.60. The molecule has 0 saturated carbocycles. The summed E-state index contributed by atoms with van der Waals surface area (Å²) >= 11 is 0. The van der Waals surface area contributed by atoms with Gasteiger partial charge in [0.25, 0.3) is 5.91 Å². The molecule has 2 amide bonds. The SMILES string of the molecule is COc1ccc(OC)c([C@H]2[C@@H]3C(=O)N(c4ccc(F)cc4)C(=O)[C@@H]3ON2c2ccccc2)c1. The number of fused-ring (bicyclic) bond motifs is 1. The number of benzene rings is 3. The Morgan fingerprint density at radius 1 is 0.848 bits per heavy atom. The Morgan fingerprint density at radius 3 is 2.24 bits per heavy atom. The zero-order valence-electron chi connectivity index (χ0n) is 18.0. The van der Waals surface area contributed by atoms with E-state index in [-0.39, 0.29) is 0 Å². The lowest BCUT2D eigenvalue weighted by Crippen LogP contribution is -2.37. The van der Waals surface area contributed by atoms with E-state index in [1.54, 1.807) is 30.4 Å². The minimum absolute atomic E-state index is 0.298. The highest BCUT2D eigenvalue weighted by atomic mass is 19.1. The van der Waals surface area contributed by atoms with Crippen LogP contribution in [0.1, 0.15) is 11.6 Å². The van der Waals surface area contributed by atoms with Crippen LogP contribution in [0.5, 0.6) is 11.5 Å². The maximum atomic E-state index is 13.6. The van der Waals surface area contributed by atoms with Crippen LogP contribution in [0, 0.1) is 11.7 Å². The van der Waals surface area contributed by atoms with Gasteiger partial charge in [0.1, 0.15) is 29.3 Å². The van der Waals surface area contributed by atoms with Crippen molar-refractivity contribution in [2.24, 2.45) is 5.92 Å². The number of imide groups is 1. The van der Waals surface area contributed by atoms with E-state index in [0.29, 0.717) is 28.4 Å². The molecule has 7 nitrogen and oxygen atoms in total. The van der Waals surface area contributed by atoms with Gasteiger partial charge in [-0.1, -0.05) is 18.2 Å². The van der Waals surface area contributed by atoms with Gasteiger partial charge in [-0.15, -0.1) is 0 Å². The summed E-state index contributed by atoms with van der Waals surface area (Å²) in [6.07, 6.45) is -1.04. The Labute approximate surface area is 189 Å². The number of ether oxygens (including phenoxy) is 2. The monoisotopic (exact) mass is 448 g/mol. The summed E-state index contributed by atoms with van der Waals surface area (Å²) < 4.78 is 24.4. The molecule has 0 aliphatic carbocycles. The molecular weight excluding hydrogens is 427 g/mol. The van der Waals surface area contributed by atoms with Crippen LogP contribution in [0.3, 0.4) is 0 Å². The van der Waals surface area contributed by atoms with E-state index < -0.39 is 35.7 Å². The molecule has 0 unspecified atom stereocenters. The van der Waals surface area contributed by atoms with Crippen molar-refractivity contribution in [2.45, 2.75) is 12.1 Å². The normalized spacial score (nSPS) is 22.0. The summed E-state index contributed by atoms with van der Waals surface area (Å²) in [5.74, 6) is -1.11. The molecule has 2 aliphatic heterocycles. The number of methoxy groups -OCH3 is 2. The van der Waals surface area contributed by atoms with Crippen LogP contribution in [0.2, 0.25) is 0 Å². The number of hydrogen-bond donors (Lipinski definition) is 0. The van der Waals surface area contributed by atoms with Gasteiger partial charge in [0.15, 0.2) is 6.10 Å². The first kappa shape index (κ1) is 21.0. The maximum absolute atomic E-state index is 13.6. The lowest BCUT2D eigenvalue weighted by molar-refractivity contribution is -0.126. The standard InChI is InChI=1S/C25H21FN2O5/c1-31-18-12-13-20(32-2)19(14-18)22-21-23(33-28(22)17-6-4-3-5-7-17)25(30)27(24(21)29)16-10-8-15(26)9-11-16/h3-14,21-23H,1-2H3/t21-,22-,23+/m0/s1. The van der Waals surface area contributed by atoms with E-state index in [1.807, 2.05) is 30.3 Å². The minimum atomic E-state index is -1.04. The maximum Gasteiger partial charge on any atom is 0.266 e. The first-order valence-electron chi connectivity index (χ1n) is 10.4. The van der Waals surface area contributed by atoms with Gasteiger partial charge in [-0.3, -0.25) is 14.4 Å². The summed E-state index contributed by atoms with van der Waals surface area (Å²) in [5.41, 5.74) is 1.64. The van der Waals surface area contributed by atoms with E-state index in [2.05, 4.69) is 0 Å². The van der Waals surface area contributed by atoms with Crippen molar-refractivity contribution in [3.8, 4) is 11.5 Å². The molecule has 168 valence electrons. The topological polar surface area (TPSA) is 68.3 Å². The van der Waals surface area contributed by atoms with E-state index in [9.17, 15) is 14.0 Å². The van der Waals surface area contributed by atoms with Crippen LogP contribution in [-0.2, 0) is 14.4 Å². The molecule has 0 radical (unpaired) electrons. The molecule has 3 aromatic rings. The molecule has 2 saturated heterocycles. The molecular formula is C25H21FN2O5. The van der Waals surface area contributed by atoms with Crippen LogP contribution in [0.15, 0.2) is 72.8 Å². The average Bonchev–Trinajstić information content (AvgIpc) is 3.36. The van der Waals surface area contributed by atoms with E-state index in [1.165, 1.54) is 31.4 Å². The first-order chi connectivity index (χ1) is 16.0.